The van der Waals surface area contributed by atoms with Crippen LogP contribution < -0.4 is 16.4 Å². The smallest absolute Gasteiger partial charge is 0.223 e. The van der Waals surface area contributed by atoms with Crippen LogP contribution in [0, 0.1) is 27.0 Å². The van der Waals surface area contributed by atoms with Crippen molar-refractivity contribution < 1.29 is 9.47 Å². The van der Waals surface area contributed by atoms with Crippen molar-refractivity contribution in [1.82, 2.24) is 34.0 Å². The Balaban J connectivity index is 0.000000197. The quantitative estimate of drug-likeness (QED) is 0.0460. The van der Waals surface area contributed by atoms with Gasteiger partial charge in [0, 0.05) is 111 Å². The highest BCUT2D eigenvalue weighted by Crippen LogP contribution is 2.37. The third-order valence-corrected chi connectivity index (χ3v) is 16.2. The molecule has 2 aliphatic carbocycles. The third kappa shape index (κ3) is 11.7. The van der Waals surface area contributed by atoms with Gasteiger partial charge in [-0.25, -0.2) is 29.6 Å². The predicted molar refractivity (Wildman–Crippen MR) is 275 cm³/mol. The highest BCUT2D eigenvalue weighted by Gasteiger charge is 2.33. The number of aryl methyl sites for hydroxylation is 2. The maximum Gasteiger partial charge on any atom is 0.223 e. The van der Waals surface area contributed by atoms with E-state index in [4.69, 9.17) is 38.3 Å². The van der Waals surface area contributed by atoms with Crippen molar-refractivity contribution in [3.8, 4) is 22.5 Å². The molecule has 16 heteroatoms. The molecule has 0 saturated heterocycles. The number of anilines is 2. The number of nitrogens with one attached hydrogen (secondary N) is 2. The molecule has 4 atom stereocenters. The highest BCUT2D eigenvalue weighted by atomic mass is 28.3. The molecular weight excluding hydrogens is 857 g/mol. The van der Waals surface area contributed by atoms with E-state index in [0.717, 1.165) is 100 Å². The molecule has 2 aromatic carbocycles. The van der Waals surface area contributed by atoms with Crippen molar-refractivity contribution >= 4 is 61.2 Å². The monoisotopic (exact) mass is 925 g/mol. The van der Waals surface area contributed by atoms with Crippen LogP contribution in [0.2, 0.25) is 51.4 Å². The number of fused-ring (bicyclic) bond motifs is 2. The van der Waals surface area contributed by atoms with E-state index in [1.807, 2.05) is 62.6 Å². The lowest BCUT2D eigenvalue weighted by molar-refractivity contribution is 0.0902. The second-order valence-corrected chi connectivity index (χ2v) is 31.9. The molecule has 0 radical (unpaired) electrons. The molecule has 0 spiro atoms. The number of hydrogen-bond donors (Lipinski definition) is 3. The summed E-state index contributed by atoms with van der Waals surface area (Å²) in [5.41, 5.74) is 15.2. The maximum atomic E-state index is 7.45. The summed E-state index contributed by atoms with van der Waals surface area (Å²) < 4.78 is 16.3. The first-order chi connectivity index (χ1) is 31.4. The van der Waals surface area contributed by atoms with Crippen molar-refractivity contribution in [1.29, 1.82) is 0 Å². The predicted octanol–water partition coefficient (Wildman–Crippen LogP) is 10.9. The Labute approximate surface area is 393 Å². The SMILES string of the molecule is [C-]#[N+]c1ccc2c(-c3nc(N[C@H]4CC[C@@H]4N(C)C)ncc3C)cn(COCC[Si](C)(C)C)c2c1.[C-]#[N+]c1ccc2c(-c3nc(N[C@H]4CC[C@@H]4N)ncc3C)cn(COCC[Si](C)(C)C)c2c1. The van der Waals surface area contributed by atoms with Gasteiger partial charge in [-0.1, -0.05) is 63.5 Å². The Hall–Kier alpha value is -5.47. The number of ether oxygens (including phenoxy) is 2. The molecule has 0 amide bonds. The zero-order valence-corrected chi connectivity index (χ0v) is 42.6. The van der Waals surface area contributed by atoms with Crippen molar-refractivity contribution in [2.45, 2.75) is 129 Å². The van der Waals surface area contributed by atoms with Crippen LogP contribution in [0.4, 0.5) is 23.3 Å². The van der Waals surface area contributed by atoms with E-state index in [0.29, 0.717) is 48.8 Å². The number of benzene rings is 2. The molecule has 8 rings (SSSR count). The molecule has 0 bridgehead atoms. The minimum atomic E-state index is -1.15. The van der Waals surface area contributed by atoms with Gasteiger partial charge in [-0.05, 0) is 89.0 Å². The highest BCUT2D eigenvalue weighted by molar-refractivity contribution is 6.76. The number of rotatable bonds is 17. The number of likely N-dealkylation sites (N-methyl/N-ethyl adjacent to an activating group) is 1. The van der Waals surface area contributed by atoms with E-state index in [9.17, 15) is 0 Å². The molecule has 14 nitrogen and oxygen atoms in total. The normalized spacial score (nSPS) is 18.3. The zero-order chi connectivity index (χ0) is 47.3. The lowest BCUT2D eigenvalue weighted by atomic mass is 9.85. The van der Waals surface area contributed by atoms with Gasteiger partial charge in [0.1, 0.15) is 13.5 Å². The van der Waals surface area contributed by atoms with Gasteiger partial charge in [0.25, 0.3) is 0 Å². The first kappa shape index (κ1) is 48.5. The van der Waals surface area contributed by atoms with Crippen LogP contribution in [-0.4, -0.2) is 102 Å². The average Bonchev–Trinajstić information content (AvgIpc) is 3.81. The Kier molecular flexibility index (Phi) is 15.1. The Bertz CT molecular complexity index is 2740. The molecule has 2 fully saturated rings. The van der Waals surface area contributed by atoms with E-state index in [1.165, 1.54) is 6.42 Å². The summed E-state index contributed by atoms with van der Waals surface area (Å²) in [5, 5.41) is 9.05. The van der Waals surface area contributed by atoms with Crippen LogP contribution in [-0.2, 0) is 22.9 Å². The molecule has 348 valence electrons. The van der Waals surface area contributed by atoms with E-state index >= 15 is 0 Å². The van der Waals surface area contributed by atoms with Gasteiger partial charge in [0.2, 0.25) is 11.9 Å². The molecule has 0 unspecified atom stereocenters. The fraction of sp³-hybridized carbons (Fsp3) is 0.480. The second kappa shape index (κ2) is 20.6. The molecule has 66 heavy (non-hydrogen) atoms. The Morgan fingerprint density at radius 3 is 1.52 bits per heavy atom. The molecular formula is C50H68N12O2Si2. The van der Waals surface area contributed by atoms with Crippen molar-refractivity contribution in [3.05, 3.63) is 95.1 Å². The summed E-state index contributed by atoms with van der Waals surface area (Å²) in [4.78, 5) is 28.3. The lowest BCUT2D eigenvalue weighted by Gasteiger charge is -2.41. The van der Waals surface area contributed by atoms with Crippen LogP contribution in [0.1, 0.15) is 36.8 Å². The number of nitrogens with zero attached hydrogens (tertiary/aromatic N) is 9. The number of aromatic nitrogens is 6. The summed E-state index contributed by atoms with van der Waals surface area (Å²) in [6.07, 6.45) is 12.3. The third-order valence-electron chi connectivity index (χ3n) is 12.8. The van der Waals surface area contributed by atoms with Crippen molar-refractivity contribution in [2.24, 2.45) is 5.73 Å². The lowest BCUT2D eigenvalue weighted by Crippen LogP contribution is -2.51. The number of nitrogens with two attached hydrogens (primary N) is 1. The molecule has 2 aliphatic rings. The van der Waals surface area contributed by atoms with Crippen LogP contribution in [0.25, 0.3) is 54.0 Å². The molecule has 4 N–H and O–H groups in total. The minimum Gasteiger partial charge on any atom is -0.361 e. The van der Waals surface area contributed by atoms with Gasteiger partial charge in [-0.3, -0.25) is 0 Å². The summed E-state index contributed by atoms with van der Waals surface area (Å²) in [7, 11) is 1.95. The second-order valence-electron chi connectivity index (χ2n) is 20.6. The molecule has 2 saturated carbocycles. The van der Waals surface area contributed by atoms with Crippen LogP contribution in [0.5, 0.6) is 0 Å². The Morgan fingerprint density at radius 2 is 1.15 bits per heavy atom. The van der Waals surface area contributed by atoms with Gasteiger partial charge >= 0.3 is 0 Å². The summed E-state index contributed by atoms with van der Waals surface area (Å²) in [6.45, 7) is 35.5. The van der Waals surface area contributed by atoms with Crippen LogP contribution in [0.3, 0.4) is 0 Å². The van der Waals surface area contributed by atoms with E-state index in [-0.39, 0.29) is 12.1 Å². The van der Waals surface area contributed by atoms with Gasteiger partial charge < -0.3 is 39.9 Å². The van der Waals surface area contributed by atoms with Gasteiger partial charge in [0.15, 0.2) is 11.4 Å². The first-order valence-corrected chi connectivity index (χ1v) is 30.6. The van der Waals surface area contributed by atoms with E-state index in [1.54, 1.807) is 0 Å². The fourth-order valence-electron chi connectivity index (χ4n) is 8.25. The zero-order valence-electron chi connectivity index (χ0n) is 40.6. The van der Waals surface area contributed by atoms with Crippen molar-refractivity contribution in [2.75, 3.05) is 37.9 Å². The largest absolute Gasteiger partial charge is 0.361 e. The van der Waals surface area contributed by atoms with Gasteiger partial charge in [0.05, 0.1) is 24.5 Å². The minimum absolute atomic E-state index is 0.158. The van der Waals surface area contributed by atoms with Gasteiger partial charge in [-0.15, -0.1) is 0 Å². The van der Waals surface area contributed by atoms with Crippen LogP contribution in [0.15, 0.2) is 61.2 Å². The Morgan fingerprint density at radius 1 is 0.697 bits per heavy atom. The fourth-order valence-corrected chi connectivity index (χ4v) is 9.76. The topological polar surface area (TPSA) is 142 Å². The number of hydrogen-bond acceptors (Lipinski definition) is 10. The maximum absolute atomic E-state index is 7.45. The van der Waals surface area contributed by atoms with E-state index < -0.39 is 16.1 Å². The summed E-state index contributed by atoms with van der Waals surface area (Å²) >= 11 is 0. The van der Waals surface area contributed by atoms with Crippen molar-refractivity contribution in [3.63, 3.8) is 0 Å². The summed E-state index contributed by atoms with van der Waals surface area (Å²) in [6, 6.07) is 15.2. The molecule has 4 aromatic heterocycles. The molecule has 0 aliphatic heterocycles. The van der Waals surface area contributed by atoms with E-state index in [2.05, 4.69) is 110 Å². The average molecular weight is 925 g/mol. The molecule has 6 aromatic rings. The first-order valence-electron chi connectivity index (χ1n) is 23.2. The molecule has 4 heterocycles. The standard InChI is InChI=1S/C26H36N6OSi.C24H32N6OSi/c1-18-15-28-26(29-22-10-11-23(22)31(3)4)30-25(18)21-16-32(17-33-12-13-34(5,6)7)24-14-19(27-2)8-9-20(21)24;1-16-13-27-24(28-21-9-8-20(21)25)29-23(16)19-14-30(15-31-10-11-32(3,4)5)22-12-17(26-2)6-7-18(19)22/h8-9,14-16,22-23H,10-13,17H2,1,3-7H3,(H,28,29,30);6-7,12-14,20-21H,8-11,15,25H2,1,3-5H3,(H,27,28,29)/t22-,23-;20-,21-/m00/s1. The van der Waals surface area contributed by atoms with Gasteiger partial charge in [-0.2, -0.15) is 0 Å². The van der Waals surface area contributed by atoms with Crippen LogP contribution >= 0.6 is 0 Å². The summed E-state index contributed by atoms with van der Waals surface area (Å²) in [5.74, 6) is 1.28.